The molecule has 0 aromatic rings. The SMILES string of the molecule is CCOC1=CC=NC2=[N+](C)C(=O)N(CC(=O)OC)C(=O)C12. The van der Waals surface area contributed by atoms with Crippen molar-refractivity contribution in [3.8, 4) is 0 Å². The Kier molecular flexibility index (Phi) is 4.15. The highest BCUT2D eigenvalue weighted by molar-refractivity contribution is 6.16. The first-order valence-electron chi connectivity index (χ1n) is 6.41. The van der Waals surface area contributed by atoms with E-state index in [1.54, 1.807) is 13.0 Å². The van der Waals surface area contributed by atoms with Crippen molar-refractivity contribution in [3.63, 3.8) is 0 Å². The average molecular weight is 294 g/mol. The normalized spacial score (nSPS) is 21.2. The molecule has 2 aliphatic heterocycles. The number of carbonyl (C=O) groups excluding carboxylic acids is 3. The van der Waals surface area contributed by atoms with E-state index in [1.165, 1.54) is 24.9 Å². The zero-order valence-electron chi connectivity index (χ0n) is 12.0. The lowest BCUT2D eigenvalue weighted by Gasteiger charge is -2.27. The van der Waals surface area contributed by atoms with Gasteiger partial charge < -0.3 is 9.47 Å². The van der Waals surface area contributed by atoms with E-state index in [4.69, 9.17) is 4.74 Å². The van der Waals surface area contributed by atoms with E-state index in [-0.39, 0.29) is 5.84 Å². The molecule has 2 aliphatic rings. The van der Waals surface area contributed by atoms with Crippen molar-refractivity contribution in [2.45, 2.75) is 6.92 Å². The fourth-order valence-corrected chi connectivity index (χ4v) is 2.16. The van der Waals surface area contributed by atoms with E-state index in [1.807, 2.05) is 0 Å². The number of aliphatic imine (C=N–C) groups is 1. The van der Waals surface area contributed by atoms with Crippen molar-refractivity contribution >= 4 is 30.0 Å². The van der Waals surface area contributed by atoms with Crippen LogP contribution in [-0.4, -0.2) is 66.7 Å². The van der Waals surface area contributed by atoms with Crippen LogP contribution < -0.4 is 0 Å². The highest BCUT2D eigenvalue weighted by Gasteiger charge is 2.50. The fourth-order valence-electron chi connectivity index (χ4n) is 2.16. The molecule has 1 atom stereocenters. The molecule has 0 fully saturated rings. The van der Waals surface area contributed by atoms with Crippen molar-refractivity contribution in [2.75, 3.05) is 27.3 Å². The fraction of sp³-hybridized carbons (Fsp3) is 0.462. The second-order valence-corrected chi connectivity index (χ2v) is 4.41. The number of hydrogen-bond acceptors (Lipinski definition) is 6. The molecule has 0 aromatic carbocycles. The largest absolute Gasteiger partial charge is 0.497 e. The molecule has 0 aromatic heterocycles. The Morgan fingerprint density at radius 3 is 2.81 bits per heavy atom. The number of amides is 3. The zero-order chi connectivity index (χ0) is 15.6. The summed E-state index contributed by atoms with van der Waals surface area (Å²) in [6, 6.07) is -0.619. The molecule has 0 saturated carbocycles. The Bertz CT molecular complexity index is 591. The summed E-state index contributed by atoms with van der Waals surface area (Å²) in [6.45, 7) is 1.73. The molecule has 8 heteroatoms. The van der Waals surface area contributed by atoms with Gasteiger partial charge in [-0.25, -0.2) is 9.59 Å². The number of amidine groups is 1. The molecular formula is C13H16N3O5+. The third kappa shape index (κ3) is 2.56. The summed E-state index contributed by atoms with van der Waals surface area (Å²) in [7, 11) is 2.69. The number of urea groups is 1. The molecule has 112 valence electrons. The number of hydrogen-bond donors (Lipinski definition) is 0. The van der Waals surface area contributed by atoms with Crippen LogP contribution in [-0.2, 0) is 19.1 Å². The lowest BCUT2D eigenvalue weighted by Crippen LogP contribution is -2.56. The van der Waals surface area contributed by atoms with E-state index >= 15 is 0 Å². The number of fused-ring (bicyclic) bond motifs is 1. The van der Waals surface area contributed by atoms with E-state index < -0.39 is 30.4 Å². The van der Waals surface area contributed by atoms with E-state index in [9.17, 15) is 14.4 Å². The number of ether oxygens (including phenoxy) is 2. The van der Waals surface area contributed by atoms with Crippen LogP contribution in [0.3, 0.4) is 0 Å². The van der Waals surface area contributed by atoms with Crippen LogP contribution in [0.4, 0.5) is 4.79 Å². The number of allylic oxidation sites excluding steroid dienone is 1. The van der Waals surface area contributed by atoms with Crippen LogP contribution in [0.1, 0.15) is 6.92 Å². The third-order valence-electron chi connectivity index (χ3n) is 3.19. The number of carbonyl (C=O) groups is 3. The van der Waals surface area contributed by atoms with Gasteiger partial charge in [0.25, 0.3) is 5.84 Å². The molecule has 0 radical (unpaired) electrons. The molecule has 21 heavy (non-hydrogen) atoms. The first kappa shape index (κ1) is 14.9. The molecule has 0 saturated heterocycles. The maximum absolute atomic E-state index is 12.5. The lowest BCUT2D eigenvalue weighted by molar-refractivity contribution is -0.408. The molecule has 8 nitrogen and oxygen atoms in total. The van der Waals surface area contributed by atoms with E-state index in [2.05, 4.69) is 9.73 Å². The highest BCUT2D eigenvalue weighted by atomic mass is 16.5. The molecular weight excluding hydrogens is 278 g/mol. The standard InChI is InChI=1S/C13H16N3O5/c1-4-21-8-5-6-14-11-10(8)12(18)16(7-9(17)20-3)13(19)15(11)2/h5-6,10H,4,7H2,1-3H3/q+1. The average Bonchev–Trinajstić information content (AvgIpc) is 2.49. The minimum absolute atomic E-state index is 0.289. The maximum Gasteiger partial charge on any atom is 0.446 e. The second kappa shape index (κ2) is 5.86. The zero-order valence-corrected chi connectivity index (χ0v) is 12.0. The first-order valence-corrected chi connectivity index (χ1v) is 6.41. The smallest absolute Gasteiger partial charge is 0.446 e. The maximum atomic E-state index is 12.5. The Hall–Kier alpha value is -2.51. The Morgan fingerprint density at radius 1 is 1.48 bits per heavy atom. The van der Waals surface area contributed by atoms with Gasteiger partial charge in [-0.05, 0) is 6.92 Å². The van der Waals surface area contributed by atoms with Gasteiger partial charge in [0.05, 0.1) is 20.8 Å². The molecule has 2 rings (SSSR count). The quantitative estimate of drug-likeness (QED) is 0.528. The van der Waals surface area contributed by atoms with Crippen molar-refractivity contribution in [3.05, 3.63) is 11.8 Å². The summed E-state index contributed by atoms with van der Waals surface area (Å²) in [6.07, 6.45) is 3.05. The van der Waals surface area contributed by atoms with Crippen LogP contribution in [0.5, 0.6) is 0 Å². The van der Waals surface area contributed by atoms with Crippen molar-refractivity contribution < 1.29 is 28.4 Å². The van der Waals surface area contributed by atoms with Gasteiger partial charge in [-0.2, -0.15) is 9.48 Å². The minimum atomic E-state index is -0.817. The molecule has 2 heterocycles. The van der Waals surface area contributed by atoms with Gasteiger partial charge in [0.1, 0.15) is 12.0 Å². The van der Waals surface area contributed by atoms with Gasteiger partial charge in [0.15, 0.2) is 12.5 Å². The molecule has 0 bridgehead atoms. The molecule has 3 amide bonds. The molecule has 0 spiro atoms. The number of imide groups is 1. The van der Waals surface area contributed by atoms with Crippen LogP contribution in [0.2, 0.25) is 0 Å². The van der Waals surface area contributed by atoms with Crippen molar-refractivity contribution in [2.24, 2.45) is 10.9 Å². The summed E-state index contributed by atoms with van der Waals surface area (Å²) >= 11 is 0. The minimum Gasteiger partial charge on any atom is -0.497 e. The van der Waals surface area contributed by atoms with Gasteiger partial charge in [-0.3, -0.25) is 4.79 Å². The number of methoxy groups -OCH3 is 1. The molecule has 0 N–H and O–H groups in total. The van der Waals surface area contributed by atoms with Gasteiger partial charge in [0, 0.05) is 6.08 Å². The number of dihydropyridines is 1. The van der Waals surface area contributed by atoms with Crippen LogP contribution in [0.25, 0.3) is 0 Å². The third-order valence-corrected chi connectivity index (χ3v) is 3.19. The second-order valence-electron chi connectivity index (χ2n) is 4.41. The monoisotopic (exact) mass is 294 g/mol. The molecule has 0 aliphatic carbocycles. The van der Waals surface area contributed by atoms with Gasteiger partial charge in [-0.1, -0.05) is 0 Å². The highest BCUT2D eigenvalue weighted by Crippen LogP contribution is 2.24. The Labute approximate surface area is 121 Å². The number of rotatable bonds is 4. The van der Waals surface area contributed by atoms with Crippen molar-refractivity contribution in [1.82, 2.24) is 4.90 Å². The lowest BCUT2D eigenvalue weighted by atomic mass is 9.99. The van der Waals surface area contributed by atoms with Gasteiger partial charge in [-0.15, -0.1) is 4.99 Å². The summed E-state index contributed by atoms with van der Waals surface area (Å²) in [5.41, 5.74) is 0. The topological polar surface area (TPSA) is 88.3 Å². The van der Waals surface area contributed by atoms with Gasteiger partial charge in [0.2, 0.25) is 0 Å². The predicted molar refractivity (Wildman–Crippen MR) is 72.0 cm³/mol. The molecule has 1 unspecified atom stereocenters. The van der Waals surface area contributed by atoms with Crippen LogP contribution >= 0.6 is 0 Å². The summed E-state index contributed by atoms with van der Waals surface area (Å²) in [5.74, 6) is -1.34. The Balaban J connectivity index is 2.41. The summed E-state index contributed by atoms with van der Waals surface area (Å²) < 4.78 is 11.2. The summed E-state index contributed by atoms with van der Waals surface area (Å²) in [5, 5.41) is 0. The van der Waals surface area contributed by atoms with Crippen LogP contribution in [0, 0.1) is 5.92 Å². The van der Waals surface area contributed by atoms with E-state index in [0.717, 1.165) is 4.90 Å². The number of esters is 1. The van der Waals surface area contributed by atoms with Gasteiger partial charge >= 0.3 is 17.9 Å². The summed E-state index contributed by atoms with van der Waals surface area (Å²) in [4.78, 5) is 41.0. The Morgan fingerprint density at radius 2 is 2.19 bits per heavy atom. The van der Waals surface area contributed by atoms with E-state index in [0.29, 0.717) is 12.4 Å². The number of nitrogens with zero attached hydrogens (tertiary/aromatic N) is 3. The van der Waals surface area contributed by atoms with Crippen LogP contribution in [0.15, 0.2) is 16.8 Å². The van der Waals surface area contributed by atoms with Crippen molar-refractivity contribution in [1.29, 1.82) is 0 Å². The first-order chi connectivity index (χ1) is 10.0. The predicted octanol–water partition coefficient (Wildman–Crippen LogP) is -0.217.